The molecule has 0 amide bonds. The molecule has 16 heavy (non-hydrogen) atoms. The van der Waals surface area contributed by atoms with Crippen molar-refractivity contribution in [3.8, 4) is 0 Å². The van der Waals surface area contributed by atoms with Gasteiger partial charge < -0.3 is 5.73 Å². The van der Waals surface area contributed by atoms with Gasteiger partial charge in [0.25, 0.3) is 0 Å². The molecule has 0 aliphatic heterocycles. The van der Waals surface area contributed by atoms with Crippen LogP contribution >= 0.6 is 11.6 Å². The maximum atomic E-state index is 13.8. The molecule has 0 radical (unpaired) electrons. The van der Waals surface area contributed by atoms with Crippen LogP contribution in [0.4, 0.5) is 8.78 Å². The fourth-order valence-electron chi connectivity index (χ4n) is 2.42. The molecule has 1 fully saturated rings. The average molecular weight is 246 g/mol. The highest BCUT2D eigenvalue weighted by molar-refractivity contribution is 6.30. The van der Waals surface area contributed by atoms with E-state index in [-0.39, 0.29) is 10.6 Å². The maximum Gasteiger partial charge on any atom is 0.149 e. The molecular formula is C12H14ClF2N. The summed E-state index contributed by atoms with van der Waals surface area (Å²) in [6.07, 6.45) is 4.11. The van der Waals surface area contributed by atoms with Crippen molar-refractivity contribution >= 4 is 11.6 Å². The van der Waals surface area contributed by atoms with Gasteiger partial charge in [-0.05, 0) is 25.0 Å². The van der Waals surface area contributed by atoms with Gasteiger partial charge in [0, 0.05) is 11.1 Å². The van der Waals surface area contributed by atoms with Crippen molar-refractivity contribution in [3.63, 3.8) is 0 Å². The van der Waals surface area contributed by atoms with E-state index in [0.717, 1.165) is 19.3 Å². The Morgan fingerprint density at radius 3 is 2.38 bits per heavy atom. The molecule has 0 aromatic heterocycles. The van der Waals surface area contributed by atoms with Crippen LogP contribution < -0.4 is 5.73 Å². The quantitative estimate of drug-likeness (QED) is 0.750. The van der Waals surface area contributed by atoms with E-state index in [0.29, 0.717) is 12.8 Å². The molecule has 0 unspecified atom stereocenters. The first-order valence-electron chi connectivity index (χ1n) is 5.47. The first kappa shape index (κ1) is 11.8. The number of benzene rings is 1. The van der Waals surface area contributed by atoms with Crippen LogP contribution in [0.5, 0.6) is 0 Å². The molecule has 1 nitrogen and oxygen atoms in total. The van der Waals surface area contributed by atoms with Gasteiger partial charge in [-0.3, -0.25) is 0 Å². The number of halogens is 3. The van der Waals surface area contributed by atoms with Crippen LogP contribution in [-0.4, -0.2) is 0 Å². The Morgan fingerprint density at radius 2 is 1.75 bits per heavy atom. The Kier molecular flexibility index (Phi) is 3.17. The van der Waals surface area contributed by atoms with Crippen LogP contribution in [0.2, 0.25) is 5.02 Å². The maximum absolute atomic E-state index is 13.8. The molecule has 2 N–H and O–H groups in total. The van der Waals surface area contributed by atoms with E-state index in [1.807, 2.05) is 0 Å². The Morgan fingerprint density at radius 1 is 1.12 bits per heavy atom. The van der Waals surface area contributed by atoms with Crippen molar-refractivity contribution in [1.29, 1.82) is 0 Å². The van der Waals surface area contributed by atoms with Gasteiger partial charge in [-0.25, -0.2) is 8.78 Å². The molecule has 88 valence electrons. The molecule has 0 bridgehead atoms. The lowest BCUT2D eigenvalue weighted by atomic mass is 9.77. The standard InChI is InChI=1S/C12H14ClF2N/c13-8-4-5-9(14)10(11(8)15)12(16)6-2-1-3-7-12/h4-5H,1-3,6-7,16H2. The van der Waals surface area contributed by atoms with E-state index in [1.54, 1.807) is 0 Å². The van der Waals surface area contributed by atoms with E-state index in [1.165, 1.54) is 12.1 Å². The normalized spacial score (nSPS) is 19.8. The van der Waals surface area contributed by atoms with Gasteiger partial charge in [0.2, 0.25) is 0 Å². The number of rotatable bonds is 1. The lowest BCUT2D eigenvalue weighted by Gasteiger charge is -2.34. The van der Waals surface area contributed by atoms with Gasteiger partial charge in [-0.2, -0.15) is 0 Å². The molecule has 2 rings (SSSR count). The van der Waals surface area contributed by atoms with Crippen molar-refractivity contribution in [2.45, 2.75) is 37.6 Å². The minimum absolute atomic E-state index is 0.0419. The molecule has 1 aliphatic carbocycles. The number of nitrogens with two attached hydrogens (primary N) is 1. The molecule has 1 aromatic carbocycles. The number of hydrogen-bond donors (Lipinski definition) is 1. The zero-order valence-electron chi connectivity index (χ0n) is 8.90. The highest BCUT2D eigenvalue weighted by Crippen LogP contribution is 2.38. The van der Waals surface area contributed by atoms with Crippen molar-refractivity contribution in [2.24, 2.45) is 5.73 Å². The summed E-state index contributed by atoms with van der Waals surface area (Å²) in [7, 11) is 0. The van der Waals surface area contributed by atoms with Crippen LogP contribution in [0.1, 0.15) is 37.7 Å². The lowest BCUT2D eigenvalue weighted by Crippen LogP contribution is -2.40. The van der Waals surface area contributed by atoms with E-state index >= 15 is 0 Å². The van der Waals surface area contributed by atoms with Crippen LogP contribution in [0.3, 0.4) is 0 Å². The van der Waals surface area contributed by atoms with Gasteiger partial charge in [0.05, 0.1) is 5.02 Å². The largest absolute Gasteiger partial charge is 0.321 e. The predicted molar refractivity (Wildman–Crippen MR) is 60.3 cm³/mol. The van der Waals surface area contributed by atoms with Crippen molar-refractivity contribution in [2.75, 3.05) is 0 Å². The third-order valence-electron chi connectivity index (χ3n) is 3.29. The van der Waals surface area contributed by atoms with Gasteiger partial charge in [0.1, 0.15) is 11.6 Å². The SMILES string of the molecule is NC1(c2c(F)ccc(Cl)c2F)CCCCC1. The second-order valence-electron chi connectivity index (χ2n) is 4.43. The minimum Gasteiger partial charge on any atom is -0.321 e. The summed E-state index contributed by atoms with van der Waals surface area (Å²) < 4.78 is 27.5. The fourth-order valence-corrected chi connectivity index (χ4v) is 2.57. The van der Waals surface area contributed by atoms with Crippen LogP contribution in [0.25, 0.3) is 0 Å². The molecular weight excluding hydrogens is 232 g/mol. The monoisotopic (exact) mass is 245 g/mol. The molecule has 1 aliphatic rings. The van der Waals surface area contributed by atoms with Crippen LogP contribution in [-0.2, 0) is 5.54 Å². The molecule has 0 heterocycles. The smallest absolute Gasteiger partial charge is 0.149 e. The number of hydrogen-bond acceptors (Lipinski definition) is 1. The third-order valence-corrected chi connectivity index (χ3v) is 3.58. The molecule has 1 aromatic rings. The highest BCUT2D eigenvalue weighted by atomic mass is 35.5. The summed E-state index contributed by atoms with van der Waals surface area (Å²) in [5, 5.41) is -0.0631. The highest BCUT2D eigenvalue weighted by Gasteiger charge is 2.35. The molecule has 0 spiro atoms. The molecule has 1 saturated carbocycles. The summed E-state index contributed by atoms with van der Waals surface area (Å²) in [6, 6.07) is 2.41. The fraction of sp³-hybridized carbons (Fsp3) is 0.500. The first-order chi connectivity index (χ1) is 7.54. The van der Waals surface area contributed by atoms with Gasteiger partial charge in [0.15, 0.2) is 0 Å². The molecule has 4 heteroatoms. The van der Waals surface area contributed by atoms with E-state index in [2.05, 4.69) is 0 Å². The van der Waals surface area contributed by atoms with E-state index < -0.39 is 17.2 Å². The zero-order valence-corrected chi connectivity index (χ0v) is 9.66. The third kappa shape index (κ3) is 1.94. The summed E-state index contributed by atoms with van der Waals surface area (Å²) in [4.78, 5) is 0. The van der Waals surface area contributed by atoms with Gasteiger partial charge in [-0.15, -0.1) is 0 Å². The second-order valence-corrected chi connectivity index (χ2v) is 4.84. The summed E-state index contributed by atoms with van der Waals surface area (Å²) >= 11 is 5.67. The minimum atomic E-state index is -0.892. The summed E-state index contributed by atoms with van der Waals surface area (Å²) in [5.74, 6) is -1.29. The summed E-state index contributed by atoms with van der Waals surface area (Å²) in [6.45, 7) is 0. The second kappa shape index (κ2) is 4.30. The van der Waals surface area contributed by atoms with E-state index in [4.69, 9.17) is 17.3 Å². The van der Waals surface area contributed by atoms with Gasteiger partial charge in [-0.1, -0.05) is 30.9 Å². The topological polar surface area (TPSA) is 26.0 Å². The van der Waals surface area contributed by atoms with Gasteiger partial charge >= 0.3 is 0 Å². The zero-order chi connectivity index (χ0) is 11.8. The Balaban J connectivity index is 2.49. The first-order valence-corrected chi connectivity index (χ1v) is 5.85. The van der Waals surface area contributed by atoms with Crippen LogP contribution in [0, 0.1) is 11.6 Å². The van der Waals surface area contributed by atoms with Crippen LogP contribution in [0.15, 0.2) is 12.1 Å². The van der Waals surface area contributed by atoms with Crippen molar-refractivity contribution < 1.29 is 8.78 Å². The predicted octanol–water partition coefficient (Wildman–Crippen LogP) is 3.74. The molecule has 0 atom stereocenters. The lowest BCUT2D eigenvalue weighted by molar-refractivity contribution is 0.282. The van der Waals surface area contributed by atoms with Crippen molar-refractivity contribution in [1.82, 2.24) is 0 Å². The Labute approximate surface area is 98.6 Å². The Bertz CT molecular complexity index is 400. The molecule has 0 saturated heterocycles. The van der Waals surface area contributed by atoms with Crippen molar-refractivity contribution in [3.05, 3.63) is 34.4 Å². The average Bonchev–Trinajstić information content (AvgIpc) is 2.25. The Hall–Kier alpha value is -0.670. The summed E-state index contributed by atoms with van der Waals surface area (Å²) in [5.41, 5.74) is 5.18. The van der Waals surface area contributed by atoms with E-state index in [9.17, 15) is 8.78 Å².